The summed E-state index contributed by atoms with van der Waals surface area (Å²) in [6.07, 6.45) is -0.464. The molecule has 0 amide bonds. The first kappa shape index (κ1) is 24.2. The minimum absolute atomic E-state index is 0.00730. The maximum atomic E-state index is 9.10. The zero-order chi connectivity index (χ0) is 41.2. The number of aromatic nitrogens is 2. The molecule has 0 aliphatic rings. The smallest absolute Gasteiger partial charge is 0.143 e. The summed E-state index contributed by atoms with van der Waals surface area (Å²) < 4.78 is 67.2. The first-order chi connectivity index (χ1) is 29.2. The molecule has 3 nitrogen and oxygen atoms in total. The Labute approximate surface area is 317 Å². The van der Waals surface area contributed by atoms with Crippen molar-refractivity contribution in [1.82, 2.24) is 9.97 Å². The maximum absolute atomic E-state index is 9.10. The first-order valence-electron chi connectivity index (χ1n) is 20.8. The molecule has 10 rings (SSSR count). The number of hydrogen-bond donors (Lipinski definition) is 0. The van der Waals surface area contributed by atoms with Crippen LogP contribution in [0.5, 0.6) is 0 Å². The van der Waals surface area contributed by atoms with E-state index in [0.717, 1.165) is 66.8 Å². The van der Waals surface area contributed by atoms with E-state index in [1.807, 2.05) is 91.0 Å². The summed E-state index contributed by atoms with van der Waals surface area (Å²) in [5.41, 5.74) is 8.67. The van der Waals surface area contributed by atoms with E-state index in [9.17, 15) is 0 Å². The van der Waals surface area contributed by atoms with Gasteiger partial charge in [-0.2, -0.15) is 0 Å². The molecule has 0 saturated carbocycles. The molecule has 53 heavy (non-hydrogen) atoms. The Hall–Kier alpha value is -7.10. The Morgan fingerprint density at radius 3 is 1.55 bits per heavy atom. The molecule has 0 fully saturated rings. The van der Waals surface area contributed by atoms with Crippen LogP contribution in [0.1, 0.15) is 9.60 Å². The average molecular weight is 684 g/mol. The fourth-order valence-corrected chi connectivity index (χ4v) is 7.19. The van der Waals surface area contributed by atoms with Crippen molar-refractivity contribution in [3.05, 3.63) is 194 Å². The Morgan fingerprint density at radius 2 is 0.906 bits per heavy atom. The summed E-state index contributed by atoms with van der Waals surface area (Å²) in [6, 6.07) is 48.6. The quantitative estimate of drug-likeness (QED) is 0.164. The molecule has 0 bridgehead atoms. The highest BCUT2D eigenvalue weighted by molar-refractivity contribution is 6.07. The topological polar surface area (TPSA) is 38.9 Å². The van der Waals surface area contributed by atoms with Crippen LogP contribution in [0, 0.1) is 0 Å². The van der Waals surface area contributed by atoms with E-state index in [2.05, 4.69) is 65.6 Å². The molecule has 3 heteroatoms. The lowest BCUT2D eigenvalue weighted by atomic mass is 9.89. The normalized spacial score (nSPS) is 13.2. The minimum atomic E-state index is -0.464. The van der Waals surface area contributed by atoms with E-state index >= 15 is 0 Å². The van der Waals surface area contributed by atoms with Crippen molar-refractivity contribution in [1.29, 1.82) is 0 Å². The van der Waals surface area contributed by atoms with Gasteiger partial charge in [-0.25, -0.2) is 4.98 Å². The van der Waals surface area contributed by atoms with Gasteiger partial charge in [-0.05, 0) is 45.1 Å². The van der Waals surface area contributed by atoms with Gasteiger partial charge in [0.15, 0.2) is 0 Å². The third-order valence-corrected chi connectivity index (χ3v) is 9.66. The van der Waals surface area contributed by atoms with Gasteiger partial charge in [0.25, 0.3) is 0 Å². The predicted molar refractivity (Wildman–Crippen MR) is 219 cm³/mol. The van der Waals surface area contributed by atoms with Gasteiger partial charge in [-0.1, -0.05) is 176 Å². The van der Waals surface area contributed by atoms with Crippen molar-refractivity contribution in [3.8, 4) is 67.3 Å². The summed E-state index contributed by atoms with van der Waals surface area (Å²) in [7, 11) is 0. The van der Waals surface area contributed by atoms with Gasteiger partial charge in [0.2, 0.25) is 0 Å². The maximum Gasteiger partial charge on any atom is 0.143 e. The van der Waals surface area contributed by atoms with E-state index in [4.69, 9.17) is 19.0 Å². The standard InChI is InChI=1S/C50H32N2O/c1-4-13-34(14-5-1)45-46(50(39-17-8-3-9-18-39)53-49(45)38-15-6-2-7-16-38)35-24-22-33(23-25-35)40-29-30-43(42-21-11-10-20-41(40)42)44-31-28-37-27-26-36-19-12-32-51-47(36)48(37)52-44/h1-32H/i12D,19D,26D,27D,28D,31D,32D. The summed E-state index contributed by atoms with van der Waals surface area (Å²) in [5, 5.41) is 1.55. The molecule has 0 radical (unpaired) electrons. The monoisotopic (exact) mass is 683 g/mol. The molecule has 0 spiro atoms. The van der Waals surface area contributed by atoms with Crippen molar-refractivity contribution < 1.29 is 14.0 Å². The van der Waals surface area contributed by atoms with Gasteiger partial charge in [-0.3, -0.25) is 4.98 Å². The molecule has 3 heterocycles. The van der Waals surface area contributed by atoms with Crippen LogP contribution in [0.25, 0.3) is 99.9 Å². The third kappa shape index (κ3) is 5.38. The first-order valence-corrected chi connectivity index (χ1v) is 17.3. The van der Waals surface area contributed by atoms with Crippen molar-refractivity contribution in [2.45, 2.75) is 0 Å². The summed E-state index contributed by atoms with van der Waals surface area (Å²) in [6.45, 7) is 0. The van der Waals surface area contributed by atoms with E-state index in [0.29, 0.717) is 5.56 Å². The fraction of sp³-hybridized carbons (Fsp3) is 0. The van der Waals surface area contributed by atoms with Crippen LogP contribution in [0.3, 0.4) is 0 Å². The molecule has 0 aliphatic heterocycles. The molecule has 0 unspecified atom stereocenters. The lowest BCUT2D eigenvalue weighted by Crippen LogP contribution is -1.91. The predicted octanol–water partition coefficient (Wildman–Crippen LogP) is 13.5. The Kier molecular flexibility index (Phi) is 5.88. The van der Waals surface area contributed by atoms with Gasteiger partial charge < -0.3 is 4.42 Å². The Balaban J connectivity index is 1.14. The zero-order valence-electron chi connectivity index (χ0n) is 35.2. The molecule has 248 valence electrons. The van der Waals surface area contributed by atoms with Crippen molar-refractivity contribution in [2.75, 3.05) is 0 Å². The van der Waals surface area contributed by atoms with Crippen molar-refractivity contribution >= 4 is 32.6 Å². The molecular weight excluding hydrogens is 645 g/mol. The number of hydrogen-bond acceptors (Lipinski definition) is 3. The molecular formula is C50H32N2O. The molecule has 3 aromatic heterocycles. The van der Waals surface area contributed by atoms with E-state index < -0.39 is 18.3 Å². The second kappa shape index (κ2) is 12.9. The van der Waals surface area contributed by atoms with Crippen LogP contribution in [-0.2, 0) is 0 Å². The van der Waals surface area contributed by atoms with E-state index in [1.54, 1.807) is 0 Å². The van der Waals surface area contributed by atoms with Gasteiger partial charge in [0.1, 0.15) is 11.5 Å². The zero-order valence-corrected chi connectivity index (χ0v) is 28.2. The van der Waals surface area contributed by atoms with Gasteiger partial charge in [-0.15, -0.1) is 0 Å². The van der Waals surface area contributed by atoms with Crippen LogP contribution in [0.2, 0.25) is 0 Å². The van der Waals surface area contributed by atoms with Crippen LogP contribution >= 0.6 is 0 Å². The number of furan rings is 1. The van der Waals surface area contributed by atoms with Gasteiger partial charge >= 0.3 is 0 Å². The molecule has 7 aromatic carbocycles. The van der Waals surface area contributed by atoms with Gasteiger partial charge in [0, 0.05) is 44.8 Å². The van der Waals surface area contributed by atoms with E-state index in [-0.39, 0.29) is 51.7 Å². The highest BCUT2D eigenvalue weighted by Gasteiger charge is 2.25. The molecule has 10 aromatic rings. The lowest BCUT2D eigenvalue weighted by Gasteiger charge is -2.13. The lowest BCUT2D eigenvalue weighted by molar-refractivity contribution is 0.599. The second-order valence-corrected chi connectivity index (χ2v) is 12.8. The largest absolute Gasteiger partial charge is 0.455 e. The number of nitrogens with zero attached hydrogens (tertiary/aromatic N) is 2. The highest BCUT2D eigenvalue weighted by Crippen LogP contribution is 2.49. The molecule has 0 saturated heterocycles. The highest BCUT2D eigenvalue weighted by atomic mass is 16.3. The van der Waals surface area contributed by atoms with Gasteiger partial charge in [0.05, 0.1) is 26.3 Å². The summed E-state index contributed by atoms with van der Waals surface area (Å²) in [5.74, 6) is 1.56. The molecule has 0 aliphatic carbocycles. The molecule has 0 N–H and O–H groups in total. The third-order valence-electron chi connectivity index (χ3n) is 9.66. The Morgan fingerprint density at radius 1 is 0.415 bits per heavy atom. The van der Waals surface area contributed by atoms with Crippen molar-refractivity contribution in [3.63, 3.8) is 0 Å². The number of benzene rings is 7. The van der Waals surface area contributed by atoms with Crippen LogP contribution < -0.4 is 0 Å². The SMILES string of the molecule is [2H]c1nc2c(c([2H])c1[2H])c([2H])c([2H])c1c([2H])c([2H])c(-c3ccc(-c4ccc(-c5c(-c6ccccc6)oc(-c6ccccc6)c5-c5ccccc5)cc4)c4ccccc34)nc12. The fourth-order valence-electron chi connectivity index (χ4n) is 7.19. The molecule has 0 atom stereocenters. The Bertz CT molecular complexity index is 3320. The van der Waals surface area contributed by atoms with E-state index in [1.165, 1.54) is 0 Å². The average Bonchev–Trinajstić information content (AvgIpc) is 3.70. The van der Waals surface area contributed by atoms with Crippen LogP contribution in [-0.4, -0.2) is 9.97 Å². The van der Waals surface area contributed by atoms with Crippen LogP contribution in [0.4, 0.5) is 0 Å². The summed E-state index contributed by atoms with van der Waals surface area (Å²) in [4.78, 5) is 9.05. The second-order valence-electron chi connectivity index (χ2n) is 12.8. The van der Waals surface area contributed by atoms with Crippen LogP contribution in [0.15, 0.2) is 199 Å². The number of rotatable bonds is 6. The number of pyridine rings is 2. The minimum Gasteiger partial charge on any atom is -0.455 e. The number of fused-ring (bicyclic) bond motifs is 4. The van der Waals surface area contributed by atoms with Crippen molar-refractivity contribution in [2.24, 2.45) is 0 Å². The summed E-state index contributed by atoms with van der Waals surface area (Å²) >= 11 is 0.